The highest BCUT2D eigenvalue weighted by atomic mass is 32.2. The summed E-state index contributed by atoms with van der Waals surface area (Å²) >= 11 is 0. The monoisotopic (exact) mass is 249 g/mol. The fourth-order valence-electron chi connectivity index (χ4n) is 1.83. The van der Waals surface area contributed by atoms with Crippen LogP contribution in [0.25, 0.3) is 0 Å². The molecule has 0 amide bonds. The molecule has 1 rings (SSSR count). The number of sulfone groups is 1. The van der Waals surface area contributed by atoms with E-state index in [0.717, 1.165) is 25.9 Å². The molecule has 0 radical (unpaired) electrons. The molecule has 0 aromatic heterocycles. The summed E-state index contributed by atoms with van der Waals surface area (Å²) in [5.41, 5.74) is 5.52. The molecule has 0 atom stereocenters. The van der Waals surface area contributed by atoms with Gasteiger partial charge in [0, 0.05) is 18.7 Å². The molecule has 0 spiro atoms. The van der Waals surface area contributed by atoms with Gasteiger partial charge in [-0.25, -0.2) is 8.42 Å². The Morgan fingerprint density at radius 2 is 2.06 bits per heavy atom. The quantitative estimate of drug-likeness (QED) is 0.303. The Kier molecular flexibility index (Phi) is 4.55. The van der Waals surface area contributed by atoms with Gasteiger partial charge in [-0.05, 0) is 25.9 Å². The van der Waals surface area contributed by atoms with E-state index in [2.05, 4.69) is 10.1 Å². The molecule has 7 heteroatoms. The van der Waals surface area contributed by atoms with E-state index >= 15 is 0 Å². The Hall–Kier alpha value is -0.820. The van der Waals surface area contributed by atoms with E-state index in [0.29, 0.717) is 6.54 Å². The molecule has 1 heterocycles. The molecule has 0 bridgehead atoms. The molecule has 1 aliphatic heterocycles. The standard InChI is InChI=1S/C9H19N3O3S/c1-16(14,15)7-6-12-4-2-8(3-5-12)9(10)11-13/h8,13H,2-7H2,1H3,(H2,10,11). The second-order valence-electron chi connectivity index (χ2n) is 4.27. The highest BCUT2D eigenvalue weighted by Crippen LogP contribution is 2.16. The van der Waals surface area contributed by atoms with Gasteiger partial charge in [-0.2, -0.15) is 0 Å². The molecule has 0 aromatic carbocycles. The third-order valence-electron chi connectivity index (χ3n) is 2.90. The lowest BCUT2D eigenvalue weighted by Gasteiger charge is -2.30. The van der Waals surface area contributed by atoms with Crippen LogP contribution in [0.4, 0.5) is 0 Å². The highest BCUT2D eigenvalue weighted by molar-refractivity contribution is 7.90. The van der Waals surface area contributed by atoms with E-state index in [1.54, 1.807) is 0 Å². The SMILES string of the molecule is CS(=O)(=O)CCN1CCC(C(N)=NO)CC1. The molecule has 1 aliphatic rings. The summed E-state index contributed by atoms with van der Waals surface area (Å²) in [7, 11) is -2.89. The Bertz CT molecular complexity index is 345. The largest absolute Gasteiger partial charge is 0.409 e. The number of amidine groups is 1. The van der Waals surface area contributed by atoms with Crippen LogP contribution < -0.4 is 5.73 Å². The highest BCUT2D eigenvalue weighted by Gasteiger charge is 2.22. The zero-order chi connectivity index (χ0) is 12.2. The maximum Gasteiger partial charge on any atom is 0.148 e. The average Bonchev–Trinajstić information content (AvgIpc) is 2.25. The van der Waals surface area contributed by atoms with Crippen molar-refractivity contribution in [2.75, 3.05) is 31.6 Å². The molecule has 3 N–H and O–H groups in total. The van der Waals surface area contributed by atoms with Crippen molar-refractivity contribution >= 4 is 15.7 Å². The van der Waals surface area contributed by atoms with Crippen molar-refractivity contribution in [2.24, 2.45) is 16.8 Å². The van der Waals surface area contributed by atoms with Crippen LogP contribution in [-0.2, 0) is 9.84 Å². The lowest BCUT2D eigenvalue weighted by Crippen LogP contribution is -2.40. The Balaban J connectivity index is 2.33. The van der Waals surface area contributed by atoms with E-state index in [1.807, 2.05) is 0 Å². The lowest BCUT2D eigenvalue weighted by atomic mass is 9.96. The summed E-state index contributed by atoms with van der Waals surface area (Å²) in [6.07, 6.45) is 2.88. The van der Waals surface area contributed by atoms with Crippen LogP contribution in [0.1, 0.15) is 12.8 Å². The van der Waals surface area contributed by atoms with Crippen molar-refractivity contribution in [3.8, 4) is 0 Å². The minimum absolute atomic E-state index is 0.125. The van der Waals surface area contributed by atoms with Gasteiger partial charge in [0.2, 0.25) is 0 Å². The van der Waals surface area contributed by atoms with Gasteiger partial charge in [0.25, 0.3) is 0 Å². The van der Waals surface area contributed by atoms with Crippen LogP contribution in [0.3, 0.4) is 0 Å². The minimum atomic E-state index is -2.89. The first-order valence-corrected chi connectivity index (χ1v) is 7.36. The second kappa shape index (κ2) is 5.49. The van der Waals surface area contributed by atoms with Crippen molar-refractivity contribution in [3.05, 3.63) is 0 Å². The van der Waals surface area contributed by atoms with E-state index < -0.39 is 9.84 Å². The summed E-state index contributed by atoms with van der Waals surface area (Å²) in [6, 6.07) is 0. The number of likely N-dealkylation sites (tertiary alicyclic amines) is 1. The Morgan fingerprint density at radius 3 is 2.50 bits per heavy atom. The van der Waals surface area contributed by atoms with Crippen molar-refractivity contribution in [1.29, 1.82) is 0 Å². The first-order valence-electron chi connectivity index (χ1n) is 5.30. The lowest BCUT2D eigenvalue weighted by molar-refractivity contribution is 0.216. The molecule has 1 saturated heterocycles. The van der Waals surface area contributed by atoms with E-state index in [4.69, 9.17) is 10.9 Å². The summed E-state index contributed by atoms with van der Waals surface area (Å²) in [5.74, 6) is 0.601. The van der Waals surface area contributed by atoms with Crippen LogP contribution in [-0.4, -0.2) is 56.0 Å². The molecule has 0 unspecified atom stereocenters. The molecule has 6 nitrogen and oxygen atoms in total. The third kappa shape index (κ3) is 4.36. The summed E-state index contributed by atoms with van der Waals surface area (Å²) in [6.45, 7) is 2.18. The second-order valence-corrected chi connectivity index (χ2v) is 6.53. The van der Waals surface area contributed by atoms with Gasteiger partial charge in [-0.1, -0.05) is 5.16 Å². The number of rotatable bonds is 4. The van der Waals surface area contributed by atoms with E-state index in [9.17, 15) is 8.42 Å². The van der Waals surface area contributed by atoms with Gasteiger partial charge < -0.3 is 15.8 Å². The topological polar surface area (TPSA) is 96.0 Å². The zero-order valence-corrected chi connectivity index (χ0v) is 10.3. The fraction of sp³-hybridized carbons (Fsp3) is 0.889. The predicted octanol–water partition coefficient (Wildman–Crippen LogP) is -0.511. The molecule has 0 saturated carbocycles. The van der Waals surface area contributed by atoms with Crippen molar-refractivity contribution in [3.63, 3.8) is 0 Å². The average molecular weight is 249 g/mol. The normalized spacial score (nSPS) is 21.2. The number of nitrogens with zero attached hydrogens (tertiary/aromatic N) is 2. The fourth-order valence-corrected chi connectivity index (χ4v) is 2.42. The van der Waals surface area contributed by atoms with Gasteiger partial charge >= 0.3 is 0 Å². The van der Waals surface area contributed by atoms with Crippen LogP contribution in [0, 0.1) is 5.92 Å². The zero-order valence-electron chi connectivity index (χ0n) is 9.46. The van der Waals surface area contributed by atoms with E-state index in [1.165, 1.54) is 6.26 Å². The van der Waals surface area contributed by atoms with Gasteiger partial charge in [-0.3, -0.25) is 0 Å². The van der Waals surface area contributed by atoms with E-state index in [-0.39, 0.29) is 17.5 Å². The Labute approximate surface area is 96.0 Å². The summed E-state index contributed by atoms with van der Waals surface area (Å²) in [4.78, 5) is 2.10. The third-order valence-corrected chi connectivity index (χ3v) is 3.82. The van der Waals surface area contributed by atoms with Crippen LogP contribution in [0.2, 0.25) is 0 Å². The summed E-state index contributed by atoms with van der Waals surface area (Å²) in [5, 5.41) is 11.5. The maximum absolute atomic E-state index is 11.0. The minimum Gasteiger partial charge on any atom is -0.409 e. The number of hydrogen-bond acceptors (Lipinski definition) is 5. The molecule has 1 fully saturated rings. The number of oxime groups is 1. The van der Waals surface area contributed by atoms with Crippen LogP contribution in [0.15, 0.2) is 5.16 Å². The van der Waals surface area contributed by atoms with Crippen molar-refractivity contribution in [2.45, 2.75) is 12.8 Å². The molecular weight excluding hydrogens is 230 g/mol. The smallest absolute Gasteiger partial charge is 0.148 e. The molecule has 94 valence electrons. The van der Waals surface area contributed by atoms with Gasteiger partial charge in [0.1, 0.15) is 15.7 Å². The first-order chi connectivity index (χ1) is 7.42. The van der Waals surface area contributed by atoms with Gasteiger partial charge in [0.15, 0.2) is 0 Å². The van der Waals surface area contributed by atoms with Crippen LogP contribution in [0.5, 0.6) is 0 Å². The maximum atomic E-state index is 11.0. The van der Waals surface area contributed by atoms with Crippen LogP contribution >= 0.6 is 0 Å². The van der Waals surface area contributed by atoms with Crippen molar-refractivity contribution in [1.82, 2.24) is 4.90 Å². The Morgan fingerprint density at radius 1 is 1.50 bits per heavy atom. The molecule has 0 aromatic rings. The van der Waals surface area contributed by atoms with Gasteiger partial charge in [-0.15, -0.1) is 0 Å². The van der Waals surface area contributed by atoms with Gasteiger partial charge in [0.05, 0.1) is 5.75 Å². The molecule has 0 aliphatic carbocycles. The predicted molar refractivity (Wildman–Crippen MR) is 62.3 cm³/mol. The first kappa shape index (κ1) is 13.2. The number of nitrogens with two attached hydrogens (primary N) is 1. The van der Waals surface area contributed by atoms with Crippen molar-refractivity contribution < 1.29 is 13.6 Å². The number of piperidine rings is 1. The molecule has 16 heavy (non-hydrogen) atoms. The summed E-state index contributed by atoms with van der Waals surface area (Å²) < 4.78 is 22.0. The molecular formula is C9H19N3O3S. The number of hydrogen-bond donors (Lipinski definition) is 2.